The van der Waals surface area contributed by atoms with Gasteiger partial charge in [-0.1, -0.05) is 41.9 Å². The van der Waals surface area contributed by atoms with E-state index in [0.29, 0.717) is 5.17 Å². The Labute approximate surface area is 71.7 Å². The Morgan fingerprint density at radius 3 is 2.55 bits per heavy atom. The molecule has 0 aliphatic heterocycles. The number of halogens is 1. The van der Waals surface area contributed by atoms with Crippen molar-refractivity contribution in [1.82, 2.24) is 0 Å². The zero-order chi connectivity index (χ0) is 8.10. The van der Waals surface area contributed by atoms with Gasteiger partial charge in [0.05, 0.1) is 0 Å². The van der Waals surface area contributed by atoms with Crippen LogP contribution in [0.5, 0.6) is 0 Å². The molecule has 1 nitrogen and oxygen atoms in total. The summed E-state index contributed by atoms with van der Waals surface area (Å²) >= 11 is 5.86. The van der Waals surface area contributed by atoms with Crippen LogP contribution < -0.4 is 0 Å². The van der Waals surface area contributed by atoms with Crippen molar-refractivity contribution >= 4 is 16.8 Å². The van der Waals surface area contributed by atoms with Crippen LogP contribution in [0.3, 0.4) is 0 Å². The van der Waals surface area contributed by atoms with Crippen LogP contribution in [-0.4, -0.2) is 11.7 Å². The SMILES string of the molecule is CCN=C(Cl)c1ccccc1. The summed E-state index contributed by atoms with van der Waals surface area (Å²) in [4.78, 5) is 4.08. The van der Waals surface area contributed by atoms with Crippen LogP contribution in [0.2, 0.25) is 0 Å². The van der Waals surface area contributed by atoms with Crippen molar-refractivity contribution in [3.63, 3.8) is 0 Å². The van der Waals surface area contributed by atoms with Crippen molar-refractivity contribution in [2.45, 2.75) is 6.92 Å². The summed E-state index contributed by atoms with van der Waals surface area (Å²) < 4.78 is 0. The van der Waals surface area contributed by atoms with Gasteiger partial charge in [-0.25, -0.2) is 0 Å². The van der Waals surface area contributed by atoms with Crippen LogP contribution in [0.4, 0.5) is 0 Å². The number of aliphatic imine (C=N–C) groups is 1. The highest BCUT2D eigenvalue weighted by molar-refractivity contribution is 6.69. The first kappa shape index (κ1) is 8.28. The first-order valence-electron chi connectivity index (χ1n) is 3.60. The van der Waals surface area contributed by atoms with Gasteiger partial charge in [0.1, 0.15) is 5.17 Å². The molecule has 0 spiro atoms. The summed E-state index contributed by atoms with van der Waals surface area (Å²) in [6, 6.07) is 9.74. The minimum atomic E-state index is 0.591. The monoisotopic (exact) mass is 167 g/mol. The fraction of sp³-hybridized carbons (Fsp3) is 0.222. The van der Waals surface area contributed by atoms with Gasteiger partial charge in [-0.15, -0.1) is 0 Å². The number of benzene rings is 1. The minimum absolute atomic E-state index is 0.591. The maximum absolute atomic E-state index is 5.86. The molecule has 0 radical (unpaired) electrons. The third-order valence-electron chi connectivity index (χ3n) is 1.31. The van der Waals surface area contributed by atoms with Gasteiger partial charge in [0, 0.05) is 12.1 Å². The van der Waals surface area contributed by atoms with Crippen LogP contribution in [0.1, 0.15) is 12.5 Å². The van der Waals surface area contributed by atoms with E-state index in [4.69, 9.17) is 11.6 Å². The summed E-state index contributed by atoms with van der Waals surface area (Å²) in [6.07, 6.45) is 0. The molecule has 11 heavy (non-hydrogen) atoms. The van der Waals surface area contributed by atoms with E-state index < -0.39 is 0 Å². The molecular weight excluding hydrogens is 158 g/mol. The van der Waals surface area contributed by atoms with Crippen LogP contribution in [-0.2, 0) is 0 Å². The van der Waals surface area contributed by atoms with Crippen molar-refractivity contribution in [2.75, 3.05) is 6.54 Å². The molecule has 1 rings (SSSR count). The highest BCUT2D eigenvalue weighted by atomic mass is 35.5. The van der Waals surface area contributed by atoms with E-state index in [-0.39, 0.29) is 0 Å². The molecular formula is C9H10ClN. The van der Waals surface area contributed by atoms with Crippen molar-refractivity contribution in [3.05, 3.63) is 35.9 Å². The molecule has 2 heteroatoms. The first-order valence-corrected chi connectivity index (χ1v) is 3.97. The highest BCUT2D eigenvalue weighted by Gasteiger charge is 1.94. The van der Waals surface area contributed by atoms with E-state index in [0.717, 1.165) is 12.1 Å². The second-order valence-corrected chi connectivity index (χ2v) is 2.49. The molecule has 0 aliphatic carbocycles. The van der Waals surface area contributed by atoms with Gasteiger partial charge in [0.25, 0.3) is 0 Å². The summed E-state index contributed by atoms with van der Waals surface area (Å²) in [7, 11) is 0. The Morgan fingerprint density at radius 2 is 2.00 bits per heavy atom. The van der Waals surface area contributed by atoms with Crippen molar-refractivity contribution in [3.8, 4) is 0 Å². The van der Waals surface area contributed by atoms with Crippen molar-refractivity contribution < 1.29 is 0 Å². The van der Waals surface area contributed by atoms with E-state index in [1.54, 1.807) is 0 Å². The summed E-state index contributed by atoms with van der Waals surface area (Å²) in [5.74, 6) is 0. The van der Waals surface area contributed by atoms with E-state index >= 15 is 0 Å². The smallest absolute Gasteiger partial charge is 0.130 e. The molecule has 0 aromatic heterocycles. The topological polar surface area (TPSA) is 12.4 Å². The van der Waals surface area contributed by atoms with Gasteiger partial charge in [-0.2, -0.15) is 0 Å². The van der Waals surface area contributed by atoms with Crippen LogP contribution in [0.15, 0.2) is 35.3 Å². The van der Waals surface area contributed by atoms with E-state index in [2.05, 4.69) is 4.99 Å². The van der Waals surface area contributed by atoms with Crippen molar-refractivity contribution in [1.29, 1.82) is 0 Å². The van der Waals surface area contributed by atoms with Crippen molar-refractivity contribution in [2.24, 2.45) is 4.99 Å². The van der Waals surface area contributed by atoms with Gasteiger partial charge in [-0.05, 0) is 6.92 Å². The fourth-order valence-corrected chi connectivity index (χ4v) is 1.05. The third kappa shape index (κ3) is 2.35. The normalized spacial score (nSPS) is 11.6. The molecule has 0 atom stereocenters. The Morgan fingerprint density at radius 1 is 1.36 bits per heavy atom. The maximum atomic E-state index is 5.86. The predicted octanol–water partition coefficient (Wildman–Crippen LogP) is 2.69. The maximum Gasteiger partial charge on any atom is 0.130 e. The van der Waals surface area contributed by atoms with Crippen LogP contribution in [0, 0.1) is 0 Å². The summed E-state index contributed by atoms with van der Waals surface area (Å²) in [5, 5.41) is 0.591. The second-order valence-electron chi connectivity index (χ2n) is 2.13. The highest BCUT2D eigenvalue weighted by Crippen LogP contribution is 2.03. The largest absolute Gasteiger partial charge is 0.273 e. The molecule has 0 fully saturated rings. The first-order chi connectivity index (χ1) is 5.34. The average Bonchev–Trinajstić information content (AvgIpc) is 2.07. The standard InChI is InChI=1S/C9H10ClN/c1-2-11-9(10)8-6-4-3-5-7-8/h3-7H,2H2,1H3. The molecule has 0 unspecified atom stereocenters. The molecule has 0 aliphatic rings. The summed E-state index contributed by atoms with van der Waals surface area (Å²) in [5.41, 5.74) is 0.982. The average molecular weight is 168 g/mol. The van der Waals surface area contributed by atoms with E-state index in [1.807, 2.05) is 37.3 Å². The second kappa shape index (κ2) is 4.14. The zero-order valence-electron chi connectivity index (χ0n) is 6.42. The molecule has 0 saturated heterocycles. The Hall–Kier alpha value is -0.820. The lowest BCUT2D eigenvalue weighted by atomic mass is 10.2. The lowest BCUT2D eigenvalue weighted by Crippen LogP contribution is -1.90. The van der Waals surface area contributed by atoms with E-state index in [1.165, 1.54) is 0 Å². The quantitative estimate of drug-likeness (QED) is 0.601. The molecule has 0 bridgehead atoms. The molecule has 0 heterocycles. The van der Waals surface area contributed by atoms with Crippen LogP contribution in [0.25, 0.3) is 0 Å². The van der Waals surface area contributed by atoms with Crippen LogP contribution >= 0.6 is 11.6 Å². The summed E-state index contributed by atoms with van der Waals surface area (Å²) in [6.45, 7) is 2.69. The fourth-order valence-electron chi connectivity index (χ4n) is 0.806. The predicted molar refractivity (Wildman–Crippen MR) is 49.4 cm³/mol. The molecule has 0 saturated carbocycles. The van der Waals surface area contributed by atoms with Gasteiger partial charge >= 0.3 is 0 Å². The number of hydrogen-bond acceptors (Lipinski definition) is 1. The number of hydrogen-bond donors (Lipinski definition) is 0. The molecule has 0 amide bonds. The Balaban J connectivity index is 2.85. The molecule has 0 N–H and O–H groups in total. The molecule has 1 aromatic rings. The lowest BCUT2D eigenvalue weighted by molar-refractivity contribution is 1.14. The Kier molecular flexibility index (Phi) is 3.12. The van der Waals surface area contributed by atoms with E-state index in [9.17, 15) is 0 Å². The van der Waals surface area contributed by atoms with Gasteiger partial charge in [0.15, 0.2) is 0 Å². The number of rotatable bonds is 2. The van der Waals surface area contributed by atoms with Gasteiger partial charge in [0.2, 0.25) is 0 Å². The molecule has 58 valence electrons. The Bertz CT molecular complexity index is 241. The molecule has 1 aromatic carbocycles. The number of nitrogens with zero attached hydrogens (tertiary/aromatic N) is 1. The van der Waals surface area contributed by atoms with Gasteiger partial charge < -0.3 is 0 Å². The lowest BCUT2D eigenvalue weighted by Gasteiger charge is -1.95. The minimum Gasteiger partial charge on any atom is -0.273 e. The van der Waals surface area contributed by atoms with Gasteiger partial charge in [-0.3, -0.25) is 4.99 Å². The zero-order valence-corrected chi connectivity index (χ0v) is 7.17. The third-order valence-corrected chi connectivity index (χ3v) is 1.65.